The number of nitrogens with one attached hydrogen (secondary N) is 1. The van der Waals surface area contributed by atoms with E-state index in [1.807, 2.05) is 27.8 Å². The van der Waals surface area contributed by atoms with E-state index >= 15 is 0 Å². The molecule has 17 heavy (non-hydrogen) atoms. The second-order valence-corrected chi connectivity index (χ2v) is 5.57. The van der Waals surface area contributed by atoms with Crippen LogP contribution in [0.4, 0.5) is 4.79 Å². The Morgan fingerprint density at radius 1 is 1.47 bits per heavy atom. The third kappa shape index (κ3) is 3.85. The predicted octanol–water partition coefficient (Wildman–Crippen LogP) is 1.23. The lowest BCUT2D eigenvalue weighted by atomic mass is 10.0. The molecule has 1 unspecified atom stereocenters. The summed E-state index contributed by atoms with van der Waals surface area (Å²) in [6.45, 7) is 7.63. The molecule has 1 N–H and O–H groups in total. The molecule has 5 heteroatoms. The Bertz CT molecular complexity index is 275. The maximum Gasteiger partial charge on any atom is 0.410 e. The predicted molar refractivity (Wildman–Crippen MR) is 66.1 cm³/mol. The number of carbonyl (C=O) groups is 1. The number of hydrogen-bond donors (Lipinski definition) is 1. The van der Waals surface area contributed by atoms with Gasteiger partial charge in [0.1, 0.15) is 5.60 Å². The van der Waals surface area contributed by atoms with Crippen LogP contribution in [0.25, 0.3) is 0 Å². The zero-order valence-corrected chi connectivity index (χ0v) is 11.5. The van der Waals surface area contributed by atoms with E-state index < -0.39 is 5.60 Å². The van der Waals surface area contributed by atoms with Crippen LogP contribution >= 0.6 is 0 Å². The minimum atomic E-state index is -0.446. The van der Waals surface area contributed by atoms with Crippen molar-refractivity contribution in [2.45, 2.75) is 38.4 Å². The summed E-state index contributed by atoms with van der Waals surface area (Å²) in [6, 6.07) is 0. The molecular formula is C12H24N2O3. The van der Waals surface area contributed by atoms with Crippen molar-refractivity contribution in [2.75, 3.05) is 33.8 Å². The van der Waals surface area contributed by atoms with E-state index in [-0.39, 0.29) is 11.7 Å². The van der Waals surface area contributed by atoms with Crippen molar-refractivity contribution in [3.8, 4) is 0 Å². The van der Waals surface area contributed by atoms with Gasteiger partial charge >= 0.3 is 6.09 Å². The first kappa shape index (κ1) is 14.3. The molecule has 1 amide bonds. The lowest BCUT2D eigenvalue weighted by molar-refractivity contribution is -0.00766. The Hall–Kier alpha value is -0.810. The van der Waals surface area contributed by atoms with Gasteiger partial charge in [0, 0.05) is 20.2 Å². The molecular weight excluding hydrogens is 220 g/mol. The highest BCUT2D eigenvalue weighted by atomic mass is 16.6. The zero-order valence-electron chi connectivity index (χ0n) is 11.5. The Labute approximate surface area is 103 Å². The summed E-state index contributed by atoms with van der Waals surface area (Å²) < 4.78 is 10.9. The normalized spacial score (nSPS) is 25.1. The number of likely N-dealkylation sites (tertiary alicyclic amines) is 1. The summed E-state index contributed by atoms with van der Waals surface area (Å²) in [4.78, 5) is 13.6. The molecule has 1 rings (SSSR count). The molecule has 5 nitrogen and oxygen atoms in total. The Balaban J connectivity index is 2.57. The van der Waals surface area contributed by atoms with E-state index in [1.54, 1.807) is 12.0 Å². The maximum absolute atomic E-state index is 11.9. The molecule has 0 aromatic carbocycles. The summed E-state index contributed by atoms with van der Waals surface area (Å²) in [6.07, 6.45) is 0.580. The van der Waals surface area contributed by atoms with Crippen molar-refractivity contribution >= 4 is 6.09 Å². The van der Waals surface area contributed by atoms with E-state index in [4.69, 9.17) is 9.47 Å². The van der Waals surface area contributed by atoms with Crippen LogP contribution in [0.15, 0.2) is 0 Å². The second kappa shape index (κ2) is 5.23. The van der Waals surface area contributed by atoms with Crippen LogP contribution in [-0.4, -0.2) is 56.0 Å². The van der Waals surface area contributed by atoms with Crippen LogP contribution in [0.3, 0.4) is 0 Å². The first-order valence-electron chi connectivity index (χ1n) is 6.00. The quantitative estimate of drug-likeness (QED) is 0.811. The molecule has 1 aliphatic rings. The number of nitrogens with zero attached hydrogens (tertiary/aromatic N) is 1. The molecule has 0 spiro atoms. The van der Waals surface area contributed by atoms with Crippen molar-refractivity contribution < 1.29 is 14.3 Å². The monoisotopic (exact) mass is 244 g/mol. The molecule has 1 saturated heterocycles. The van der Waals surface area contributed by atoms with Crippen molar-refractivity contribution in [3.63, 3.8) is 0 Å². The van der Waals surface area contributed by atoms with Crippen LogP contribution in [0, 0.1) is 0 Å². The van der Waals surface area contributed by atoms with Crippen LogP contribution in [-0.2, 0) is 9.47 Å². The lowest BCUT2D eigenvalue weighted by Crippen LogP contribution is -2.45. The fourth-order valence-corrected chi connectivity index (χ4v) is 2.03. The van der Waals surface area contributed by atoms with Crippen LogP contribution < -0.4 is 5.32 Å². The maximum atomic E-state index is 11.9. The lowest BCUT2D eigenvalue weighted by Gasteiger charge is -2.28. The number of methoxy groups -OCH3 is 1. The van der Waals surface area contributed by atoms with Gasteiger partial charge in [-0.25, -0.2) is 4.79 Å². The summed E-state index contributed by atoms with van der Waals surface area (Å²) in [7, 11) is 3.58. The second-order valence-electron chi connectivity index (χ2n) is 5.57. The summed E-state index contributed by atoms with van der Waals surface area (Å²) >= 11 is 0. The SMILES string of the molecule is CNCC1(OC)CCN(C(=O)OC(C)(C)C)C1. The Morgan fingerprint density at radius 2 is 2.12 bits per heavy atom. The molecule has 1 heterocycles. The minimum Gasteiger partial charge on any atom is -0.444 e. The van der Waals surface area contributed by atoms with Gasteiger partial charge in [0.05, 0.1) is 12.1 Å². The van der Waals surface area contributed by atoms with Gasteiger partial charge in [-0.1, -0.05) is 0 Å². The van der Waals surface area contributed by atoms with E-state index in [0.717, 1.165) is 13.0 Å². The highest BCUT2D eigenvalue weighted by Gasteiger charge is 2.40. The van der Waals surface area contributed by atoms with Crippen molar-refractivity contribution in [1.29, 1.82) is 0 Å². The Morgan fingerprint density at radius 3 is 2.59 bits per heavy atom. The van der Waals surface area contributed by atoms with E-state index in [0.29, 0.717) is 13.1 Å². The number of amides is 1. The Kier molecular flexibility index (Phi) is 4.38. The highest BCUT2D eigenvalue weighted by molar-refractivity contribution is 5.68. The summed E-state index contributed by atoms with van der Waals surface area (Å²) in [5.41, 5.74) is -0.718. The first-order chi connectivity index (χ1) is 7.82. The third-order valence-corrected chi connectivity index (χ3v) is 2.90. The van der Waals surface area contributed by atoms with E-state index in [9.17, 15) is 4.79 Å². The summed E-state index contributed by atoms with van der Waals surface area (Å²) in [5, 5.41) is 3.11. The summed E-state index contributed by atoms with van der Waals surface area (Å²) in [5.74, 6) is 0. The molecule has 1 fully saturated rings. The van der Waals surface area contributed by atoms with Gasteiger partial charge in [-0.05, 0) is 34.2 Å². The van der Waals surface area contributed by atoms with Crippen molar-refractivity contribution in [2.24, 2.45) is 0 Å². The average Bonchev–Trinajstić information content (AvgIpc) is 2.61. The van der Waals surface area contributed by atoms with Gasteiger partial charge in [-0.15, -0.1) is 0 Å². The molecule has 0 aromatic rings. The molecule has 0 bridgehead atoms. The van der Waals surface area contributed by atoms with Crippen LogP contribution in [0.2, 0.25) is 0 Å². The highest BCUT2D eigenvalue weighted by Crippen LogP contribution is 2.25. The molecule has 0 saturated carbocycles. The molecule has 1 aliphatic heterocycles. The first-order valence-corrected chi connectivity index (χ1v) is 6.00. The van der Waals surface area contributed by atoms with Gasteiger partial charge < -0.3 is 19.7 Å². The molecule has 100 valence electrons. The fraction of sp³-hybridized carbons (Fsp3) is 0.917. The molecule has 0 aromatic heterocycles. The largest absolute Gasteiger partial charge is 0.444 e. The number of ether oxygens (including phenoxy) is 2. The third-order valence-electron chi connectivity index (χ3n) is 2.90. The van der Waals surface area contributed by atoms with Crippen molar-refractivity contribution in [1.82, 2.24) is 10.2 Å². The van der Waals surface area contributed by atoms with Crippen molar-refractivity contribution in [3.05, 3.63) is 0 Å². The number of carbonyl (C=O) groups excluding carboxylic acids is 1. The minimum absolute atomic E-state index is 0.257. The van der Waals surface area contributed by atoms with Crippen LogP contribution in [0.5, 0.6) is 0 Å². The van der Waals surface area contributed by atoms with Gasteiger partial charge in [0.2, 0.25) is 0 Å². The standard InChI is InChI=1S/C12H24N2O3/c1-11(2,3)17-10(15)14-7-6-12(9-14,16-5)8-13-4/h13H,6-9H2,1-5H3. The number of rotatable bonds is 3. The number of likely N-dealkylation sites (N-methyl/N-ethyl adjacent to an activating group) is 1. The smallest absolute Gasteiger partial charge is 0.410 e. The molecule has 0 radical (unpaired) electrons. The van der Waals surface area contributed by atoms with Crippen LogP contribution in [0.1, 0.15) is 27.2 Å². The van der Waals surface area contributed by atoms with Gasteiger partial charge in [-0.3, -0.25) is 0 Å². The van der Waals surface area contributed by atoms with Gasteiger partial charge in [-0.2, -0.15) is 0 Å². The topological polar surface area (TPSA) is 50.8 Å². The molecule has 0 aliphatic carbocycles. The zero-order chi connectivity index (χ0) is 13.1. The van der Waals surface area contributed by atoms with E-state index in [2.05, 4.69) is 5.32 Å². The molecule has 1 atom stereocenters. The van der Waals surface area contributed by atoms with Gasteiger partial charge in [0.15, 0.2) is 0 Å². The van der Waals surface area contributed by atoms with Gasteiger partial charge in [0.25, 0.3) is 0 Å². The number of hydrogen-bond acceptors (Lipinski definition) is 4. The fourth-order valence-electron chi connectivity index (χ4n) is 2.03. The average molecular weight is 244 g/mol. The van der Waals surface area contributed by atoms with E-state index in [1.165, 1.54) is 0 Å².